The Hall–Kier alpha value is -0.510. The van der Waals surface area contributed by atoms with Crippen molar-refractivity contribution >= 4 is 0 Å². The summed E-state index contributed by atoms with van der Waals surface area (Å²) in [6.45, 7) is 0. The molecule has 2 aliphatic heterocycles. The van der Waals surface area contributed by atoms with Gasteiger partial charge in [-0.05, 0) is 0 Å². The monoisotopic (exact) mass is 150 g/mol. The molecule has 0 N–H and O–H groups in total. The lowest BCUT2D eigenvalue weighted by molar-refractivity contribution is -0.0739. The van der Waals surface area contributed by atoms with Crippen LogP contribution in [0, 0.1) is 0 Å². The molecule has 0 aliphatic carbocycles. The Labute approximate surface area is 55.5 Å². The van der Waals surface area contributed by atoms with Gasteiger partial charge in [-0.3, -0.25) is 0 Å². The highest BCUT2D eigenvalue weighted by atomic mass is 19.3. The van der Waals surface area contributed by atoms with E-state index in [-0.39, 0.29) is 0 Å². The molecular weight excluding hydrogens is 145 g/mol. The van der Waals surface area contributed by atoms with Crippen molar-refractivity contribution in [3.63, 3.8) is 0 Å². The zero-order valence-corrected chi connectivity index (χ0v) is 4.93. The van der Waals surface area contributed by atoms with E-state index in [9.17, 15) is 13.2 Å². The molecule has 56 valence electrons. The van der Waals surface area contributed by atoms with Crippen LogP contribution in [-0.2, 0) is 4.74 Å². The van der Waals surface area contributed by atoms with Crippen molar-refractivity contribution in [3.05, 3.63) is 12.2 Å². The number of hydrogen-bond donors (Lipinski definition) is 0. The third-order valence-electron chi connectivity index (χ3n) is 1.81. The molecule has 1 fully saturated rings. The first-order chi connectivity index (χ1) is 4.62. The summed E-state index contributed by atoms with van der Waals surface area (Å²) in [5.41, 5.74) is 0. The van der Waals surface area contributed by atoms with Crippen LogP contribution in [-0.4, -0.2) is 24.3 Å². The van der Waals surface area contributed by atoms with Gasteiger partial charge in [0.1, 0.15) is 12.2 Å². The lowest BCUT2D eigenvalue weighted by atomic mass is 10.0. The molecule has 2 rings (SSSR count). The number of alkyl halides is 3. The summed E-state index contributed by atoms with van der Waals surface area (Å²) >= 11 is 0. The third-order valence-corrected chi connectivity index (χ3v) is 1.81. The summed E-state index contributed by atoms with van der Waals surface area (Å²) in [5.74, 6) is -3.31. The molecular formula is C6H5F3O. The van der Waals surface area contributed by atoms with E-state index in [4.69, 9.17) is 0 Å². The van der Waals surface area contributed by atoms with Crippen molar-refractivity contribution in [2.45, 2.75) is 24.3 Å². The van der Waals surface area contributed by atoms with Crippen LogP contribution in [0.15, 0.2) is 12.2 Å². The van der Waals surface area contributed by atoms with Crippen LogP contribution in [0.25, 0.3) is 0 Å². The van der Waals surface area contributed by atoms with E-state index in [1.807, 2.05) is 0 Å². The fourth-order valence-electron chi connectivity index (χ4n) is 1.23. The molecule has 10 heavy (non-hydrogen) atoms. The molecule has 0 saturated carbocycles. The molecule has 2 aliphatic rings. The Balaban J connectivity index is 2.35. The summed E-state index contributed by atoms with van der Waals surface area (Å²) in [7, 11) is 0. The normalized spacial score (nSPS) is 48.5. The first kappa shape index (κ1) is 6.22. The smallest absolute Gasteiger partial charge is 0.310 e. The number of fused-ring (bicyclic) bond motifs is 2. The molecule has 0 aromatic carbocycles. The molecule has 0 radical (unpaired) electrons. The summed E-state index contributed by atoms with van der Waals surface area (Å²) in [6, 6.07) is 0. The maximum absolute atomic E-state index is 12.5. The van der Waals surface area contributed by atoms with Gasteiger partial charge in [-0.2, -0.15) is 8.78 Å². The minimum Gasteiger partial charge on any atom is -0.357 e. The quantitative estimate of drug-likeness (QED) is 0.473. The molecule has 0 spiro atoms. The topological polar surface area (TPSA) is 9.23 Å². The van der Waals surface area contributed by atoms with Crippen LogP contribution >= 0.6 is 0 Å². The van der Waals surface area contributed by atoms with Gasteiger partial charge in [0.05, 0.1) is 0 Å². The van der Waals surface area contributed by atoms with Crippen molar-refractivity contribution in [1.82, 2.24) is 0 Å². The summed E-state index contributed by atoms with van der Waals surface area (Å²) in [5, 5.41) is 0. The number of halogens is 3. The summed E-state index contributed by atoms with van der Waals surface area (Å²) in [6.07, 6.45) is -1.94. The molecule has 0 aromatic rings. The lowest BCUT2D eigenvalue weighted by Gasteiger charge is -2.17. The zero-order valence-electron chi connectivity index (χ0n) is 4.93. The highest BCUT2D eigenvalue weighted by molar-refractivity contribution is 5.19. The Morgan fingerprint density at radius 3 is 2.30 bits per heavy atom. The number of hydrogen-bond acceptors (Lipinski definition) is 1. The van der Waals surface area contributed by atoms with Crippen LogP contribution in [0.2, 0.25) is 0 Å². The Morgan fingerprint density at radius 1 is 1.30 bits per heavy atom. The minimum absolute atomic E-state index is 1.01. The molecule has 2 bridgehead atoms. The second-order valence-electron chi connectivity index (χ2n) is 2.48. The van der Waals surface area contributed by atoms with Crippen LogP contribution in [0.1, 0.15) is 0 Å². The van der Waals surface area contributed by atoms with Crippen LogP contribution < -0.4 is 0 Å². The predicted octanol–water partition coefficient (Wildman–Crippen LogP) is 1.30. The molecule has 2 heterocycles. The Morgan fingerprint density at radius 2 is 2.00 bits per heavy atom. The fraction of sp³-hybridized carbons (Fsp3) is 0.667. The first-order valence-corrected chi connectivity index (χ1v) is 2.98. The fourth-order valence-corrected chi connectivity index (χ4v) is 1.23. The van der Waals surface area contributed by atoms with E-state index in [2.05, 4.69) is 4.74 Å². The highest BCUT2D eigenvalue weighted by Gasteiger charge is 2.60. The van der Waals surface area contributed by atoms with Gasteiger partial charge >= 0.3 is 5.92 Å². The van der Waals surface area contributed by atoms with Crippen molar-refractivity contribution in [2.24, 2.45) is 0 Å². The average molecular weight is 150 g/mol. The van der Waals surface area contributed by atoms with Gasteiger partial charge in [-0.25, -0.2) is 4.39 Å². The maximum atomic E-state index is 12.5. The number of ether oxygens (including phenoxy) is 1. The summed E-state index contributed by atoms with van der Waals surface area (Å²) < 4.78 is 42.0. The van der Waals surface area contributed by atoms with Crippen LogP contribution in [0.4, 0.5) is 13.2 Å². The molecule has 0 amide bonds. The minimum atomic E-state index is -3.31. The predicted molar refractivity (Wildman–Crippen MR) is 27.6 cm³/mol. The first-order valence-electron chi connectivity index (χ1n) is 2.98. The molecule has 4 heteroatoms. The van der Waals surface area contributed by atoms with E-state index in [1.54, 1.807) is 0 Å². The van der Waals surface area contributed by atoms with Gasteiger partial charge in [0.15, 0.2) is 6.17 Å². The van der Waals surface area contributed by atoms with E-state index >= 15 is 0 Å². The third kappa shape index (κ3) is 0.526. The van der Waals surface area contributed by atoms with Crippen LogP contribution in [0.3, 0.4) is 0 Å². The van der Waals surface area contributed by atoms with Gasteiger partial charge in [-0.1, -0.05) is 12.2 Å². The lowest BCUT2D eigenvalue weighted by Crippen LogP contribution is -2.38. The van der Waals surface area contributed by atoms with Gasteiger partial charge in [0, 0.05) is 0 Å². The number of rotatable bonds is 0. The molecule has 0 unspecified atom stereocenters. The highest BCUT2D eigenvalue weighted by Crippen LogP contribution is 2.43. The van der Waals surface area contributed by atoms with Crippen LogP contribution in [0.5, 0.6) is 0 Å². The second-order valence-corrected chi connectivity index (χ2v) is 2.48. The Bertz CT molecular complexity index is 189. The second kappa shape index (κ2) is 1.56. The average Bonchev–Trinajstić information content (AvgIpc) is 2.37. The van der Waals surface area contributed by atoms with Gasteiger partial charge in [0.2, 0.25) is 0 Å². The van der Waals surface area contributed by atoms with Crippen molar-refractivity contribution in [2.75, 3.05) is 0 Å². The SMILES string of the molecule is F[C@@H]1[C@@H]2C=C[C@@H](O2)C1(F)F. The van der Waals surface area contributed by atoms with Crippen molar-refractivity contribution in [3.8, 4) is 0 Å². The van der Waals surface area contributed by atoms with Gasteiger partial charge < -0.3 is 4.74 Å². The molecule has 3 atom stereocenters. The molecule has 0 aromatic heterocycles. The standard InChI is InChI=1S/C6H5F3O/c7-5-3-1-2-4(10-3)6(5,8)9/h1-5H/t3-,4+,5+/m0/s1. The van der Waals surface area contributed by atoms with Crippen molar-refractivity contribution in [1.29, 1.82) is 0 Å². The molecule has 1 saturated heterocycles. The molecule has 1 nitrogen and oxygen atoms in total. The van der Waals surface area contributed by atoms with Crippen molar-refractivity contribution < 1.29 is 17.9 Å². The van der Waals surface area contributed by atoms with E-state index in [0.29, 0.717) is 0 Å². The zero-order chi connectivity index (χ0) is 7.35. The van der Waals surface area contributed by atoms with E-state index in [0.717, 1.165) is 0 Å². The largest absolute Gasteiger partial charge is 0.357 e. The van der Waals surface area contributed by atoms with E-state index < -0.39 is 24.3 Å². The maximum Gasteiger partial charge on any atom is 0.310 e. The van der Waals surface area contributed by atoms with E-state index in [1.165, 1.54) is 12.2 Å². The Kier molecular flexibility index (Phi) is 0.968. The van der Waals surface area contributed by atoms with Gasteiger partial charge in [0.25, 0.3) is 0 Å². The summed E-state index contributed by atoms with van der Waals surface area (Å²) in [4.78, 5) is 0. The van der Waals surface area contributed by atoms with Gasteiger partial charge in [-0.15, -0.1) is 0 Å².